The monoisotopic (exact) mass is 233 g/mol. The molecule has 0 saturated heterocycles. The van der Waals surface area contributed by atoms with E-state index in [1.54, 1.807) is 0 Å². The smallest absolute Gasteiger partial charge is 0.168 e. The number of carbonyl (C=O) groups is 1. The maximum Gasteiger partial charge on any atom is 0.168 e. The number of hydrogen-bond acceptors (Lipinski definition) is 2. The predicted molar refractivity (Wildman–Crippen MR) is 71.5 cm³/mol. The molecule has 1 aliphatic carbocycles. The number of carbonyl (C=O) groups excluding carboxylic acids is 1. The summed E-state index contributed by atoms with van der Waals surface area (Å²) in [5.74, 6) is 0.691. The lowest BCUT2D eigenvalue weighted by atomic mass is 9.73. The van der Waals surface area contributed by atoms with Crippen LogP contribution in [0.1, 0.15) is 62.7 Å². The van der Waals surface area contributed by atoms with Crippen LogP contribution in [-0.4, -0.2) is 11.3 Å². The van der Waals surface area contributed by atoms with Crippen LogP contribution in [0.2, 0.25) is 0 Å². The lowest BCUT2D eigenvalue weighted by molar-refractivity contribution is 0.111. The Bertz CT molecular complexity index is 413. The summed E-state index contributed by atoms with van der Waals surface area (Å²) in [6.45, 7) is 6.80. The van der Waals surface area contributed by atoms with E-state index in [1.165, 1.54) is 17.5 Å². The van der Waals surface area contributed by atoms with Gasteiger partial charge in [-0.15, -0.1) is 0 Å². The van der Waals surface area contributed by atoms with Gasteiger partial charge in [-0.05, 0) is 41.4 Å². The minimum absolute atomic E-state index is 0. The van der Waals surface area contributed by atoms with Crippen LogP contribution in [0.4, 0.5) is 0 Å². The van der Waals surface area contributed by atoms with Crippen LogP contribution < -0.4 is 0 Å². The van der Waals surface area contributed by atoms with Crippen LogP contribution in [0.3, 0.4) is 0 Å². The molecular formula is C15H23NO. The summed E-state index contributed by atoms with van der Waals surface area (Å²) in [6.07, 6.45) is 6.16. The molecule has 2 atom stereocenters. The first-order valence-corrected chi connectivity index (χ1v) is 6.10. The third kappa shape index (κ3) is 2.01. The number of aldehydes is 1. The van der Waals surface area contributed by atoms with Gasteiger partial charge in [0.2, 0.25) is 0 Å². The first-order valence-electron chi connectivity index (χ1n) is 6.10. The van der Waals surface area contributed by atoms with Crippen molar-refractivity contribution in [2.75, 3.05) is 0 Å². The van der Waals surface area contributed by atoms with Gasteiger partial charge >= 0.3 is 0 Å². The normalized spacial score (nSPS) is 26.2. The predicted octanol–water partition coefficient (Wildman–Crippen LogP) is 3.78. The van der Waals surface area contributed by atoms with Crippen LogP contribution in [0.25, 0.3) is 0 Å². The molecule has 0 amide bonds. The lowest BCUT2D eigenvalue weighted by Crippen LogP contribution is -2.26. The van der Waals surface area contributed by atoms with Crippen molar-refractivity contribution >= 4 is 6.29 Å². The van der Waals surface area contributed by atoms with Gasteiger partial charge in [-0.3, -0.25) is 9.78 Å². The highest BCUT2D eigenvalue weighted by atomic mass is 16.1. The van der Waals surface area contributed by atoms with Gasteiger partial charge in [-0.25, -0.2) is 0 Å². The molecule has 2 heteroatoms. The maximum absolute atomic E-state index is 10.8. The number of pyridine rings is 1. The summed E-state index contributed by atoms with van der Waals surface area (Å²) < 4.78 is 0. The zero-order valence-corrected chi connectivity index (χ0v) is 10.3. The fraction of sp³-hybridized carbons (Fsp3) is 0.600. The highest BCUT2D eigenvalue weighted by molar-refractivity contribution is 5.72. The van der Waals surface area contributed by atoms with Gasteiger partial charge in [-0.1, -0.05) is 34.6 Å². The molecule has 1 heterocycles. The molecule has 0 aromatic carbocycles. The molecule has 1 aliphatic rings. The number of fused-ring (bicyclic) bond motifs is 1. The molecule has 0 radical (unpaired) electrons. The van der Waals surface area contributed by atoms with Crippen molar-refractivity contribution in [1.29, 1.82) is 0 Å². The summed E-state index contributed by atoms with van der Waals surface area (Å²) in [5, 5.41) is 0. The second-order valence-corrected chi connectivity index (χ2v) is 4.96. The van der Waals surface area contributed by atoms with E-state index in [0.29, 0.717) is 11.6 Å². The minimum Gasteiger partial charge on any atom is -0.296 e. The van der Waals surface area contributed by atoms with Gasteiger partial charge in [-0.2, -0.15) is 0 Å². The van der Waals surface area contributed by atoms with Crippen LogP contribution in [0.15, 0.2) is 12.3 Å². The Kier molecular flexibility index (Phi) is 4.07. The van der Waals surface area contributed by atoms with Crippen LogP contribution >= 0.6 is 0 Å². The van der Waals surface area contributed by atoms with Crippen molar-refractivity contribution in [2.45, 2.75) is 52.9 Å². The van der Waals surface area contributed by atoms with Crippen molar-refractivity contribution in [1.82, 2.24) is 4.98 Å². The third-order valence-corrected chi connectivity index (χ3v) is 4.34. The van der Waals surface area contributed by atoms with Crippen molar-refractivity contribution in [3.63, 3.8) is 0 Å². The summed E-state index contributed by atoms with van der Waals surface area (Å²) >= 11 is 0. The summed E-state index contributed by atoms with van der Waals surface area (Å²) in [6, 6.07) is 1.99. The average molecular weight is 233 g/mol. The zero-order valence-electron chi connectivity index (χ0n) is 10.3. The van der Waals surface area contributed by atoms with Gasteiger partial charge in [0.1, 0.15) is 5.69 Å². The Labute approximate surface area is 104 Å². The fourth-order valence-corrected chi connectivity index (χ4v) is 3.04. The second-order valence-electron chi connectivity index (χ2n) is 4.96. The third-order valence-electron chi connectivity index (χ3n) is 4.34. The van der Waals surface area contributed by atoms with Crippen LogP contribution in [-0.2, 0) is 11.8 Å². The highest BCUT2D eigenvalue weighted by Crippen LogP contribution is 2.46. The van der Waals surface area contributed by atoms with Crippen LogP contribution in [0, 0.1) is 5.92 Å². The van der Waals surface area contributed by atoms with Crippen molar-refractivity contribution < 1.29 is 4.79 Å². The largest absolute Gasteiger partial charge is 0.296 e. The van der Waals surface area contributed by atoms with E-state index in [1.807, 2.05) is 12.3 Å². The number of nitrogens with zero attached hydrogens (tertiary/aromatic N) is 1. The van der Waals surface area contributed by atoms with Gasteiger partial charge in [0.05, 0.1) is 0 Å². The molecule has 0 bridgehead atoms. The Morgan fingerprint density at radius 1 is 1.53 bits per heavy atom. The average Bonchev–Trinajstić information content (AvgIpc) is 2.62. The number of rotatable bonds is 3. The summed E-state index contributed by atoms with van der Waals surface area (Å²) in [4.78, 5) is 15.0. The molecule has 0 fully saturated rings. The maximum atomic E-state index is 10.8. The van der Waals surface area contributed by atoms with Crippen molar-refractivity contribution in [3.8, 4) is 0 Å². The summed E-state index contributed by atoms with van der Waals surface area (Å²) in [5.41, 5.74) is 3.47. The molecular weight excluding hydrogens is 210 g/mol. The Balaban J connectivity index is 0.00000144. The molecule has 17 heavy (non-hydrogen) atoms. The van der Waals surface area contributed by atoms with Gasteiger partial charge in [0.15, 0.2) is 6.29 Å². The lowest BCUT2D eigenvalue weighted by Gasteiger charge is -2.31. The number of aromatic nitrogens is 1. The van der Waals surface area contributed by atoms with Gasteiger partial charge in [0.25, 0.3) is 0 Å². The Morgan fingerprint density at radius 2 is 2.24 bits per heavy atom. The second kappa shape index (κ2) is 4.99. The molecule has 2 nitrogen and oxygen atoms in total. The standard InChI is InChI=1S/C14H19NO.CH4/c1-4-11-6-10-8-15-12(9-16)7-13(10)14(11,3)5-2;/h7-9,11H,4-6H2,1-3H3;1H4. The van der Waals surface area contributed by atoms with Gasteiger partial charge in [0, 0.05) is 6.20 Å². The quantitative estimate of drug-likeness (QED) is 0.744. The SMILES string of the molecule is C.CCC1Cc2cnc(C=O)cc2C1(C)CC. The van der Waals surface area contributed by atoms with Crippen molar-refractivity contribution in [3.05, 3.63) is 29.1 Å². The Hall–Kier alpha value is -1.18. The Morgan fingerprint density at radius 3 is 2.76 bits per heavy atom. The molecule has 1 aromatic rings. The summed E-state index contributed by atoms with van der Waals surface area (Å²) in [7, 11) is 0. The molecule has 0 spiro atoms. The zero-order chi connectivity index (χ0) is 11.8. The van der Waals surface area contributed by atoms with E-state index >= 15 is 0 Å². The van der Waals surface area contributed by atoms with Crippen LogP contribution in [0.5, 0.6) is 0 Å². The van der Waals surface area contributed by atoms with E-state index in [2.05, 4.69) is 25.8 Å². The van der Waals surface area contributed by atoms with E-state index in [9.17, 15) is 4.79 Å². The minimum atomic E-state index is 0. The molecule has 0 aliphatic heterocycles. The van der Waals surface area contributed by atoms with Gasteiger partial charge < -0.3 is 0 Å². The van der Waals surface area contributed by atoms with Crippen molar-refractivity contribution in [2.24, 2.45) is 5.92 Å². The topological polar surface area (TPSA) is 30.0 Å². The molecule has 0 saturated carbocycles. The molecule has 1 aromatic heterocycles. The first-order chi connectivity index (χ1) is 7.65. The first kappa shape index (κ1) is 13.9. The molecule has 2 unspecified atom stereocenters. The highest BCUT2D eigenvalue weighted by Gasteiger charge is 2.40. The van der Waals surface area contributed by atoms with E-state index < -0.39 is 0 Å². The molecule has 94 valence electrons. The van der Waals surface area contributed by atoms with E-state index in [4.69, 9.17) is 0 Å². The fourth-order valence-electron chi connectivity index (χ4n) is 3.04. The van der Waals surface area contributed by atoms with E-state index in [0.717, 1.165) is 19.1 Å². The van der Waals surface area contributed by atoms with E-state index in [-0.39, 0.29) is 12.8 Å². The number of hydrogen-bond donors (Lipinski definition) is 0. The molecule has 0 N–H and O–H groups in total. The molecule has 2 rings (SSSR count).